The fraction of sp³-hybridized carbons (Fsp3) is 0.400. The largest absolute Gasteiger partial charge is 0.507 e. The molecule has 1 heterocycles. The van der Waals surface area contributed by atoms with E-state index >= 15 is 0 Å². The number of ketones is 1. The number of esters is 1. The summed E-state index contributed by atoms with van der Waals surface area (Å²) in [7, 11) is 0. The Morgan fingerprint density at radius 1 is 1.12 bits per heavy atom. The third-order valence-corrected chi connectivity index (χ3v) is 4.42. The molecule has 0 bridgehead atoms. The van der Waals surface area contributed by atoms with Gasteiger partial charge in [0, 0.05) is 5.92 Å². The highest BCUT2D eigenvalue weighted by atomic mass is 16.5. The molecule has 3 N–H and O–H groups in total. The number of phenols is 1. The van der Waals surface area contributed by atoms with E-state index in [4.69, 9.17) is 4.74 Å². The number of carbonyl (C=O) groups is 2. The van der Waals surface area contributed by atoms with Crippen LogP contribution in [0, 0.1) is 12.8 Å². The number of ether oxygens (including phenoxy) is 1. The molecule has 0 spiro atoms. The second-order valence-corrected chi connectivity index (χ2v) is 6.63. The zero-order valence-corrected chi connectivity index (χ0v) is 15.0. The Hall–Kier alpha value is -2.44. The summed E-state index contributed by atoms with van der Waals surface area (Å²) in [5.41, 5.74) is 1.23. The SMILES string of the molecule is Cc1cc(O)c2c(c1)/C=C/CC(O)C(O)C(=O)/C=C\C(C)C(C)OC2=O. The fourth-order valence-electron chi connectivity index (χ4n) is 2.64. The molecule has 0 aromatic heterocycles. The minimum absolute atomic E-state index is 0.00982. The van der Waals surface area contributed by atoms with Gasteiger partial charge in [-0.25, -0.2) is 4.79 Å². The van der Waals surface area contributed by atoms with Gasteiger partial charge in [0.05, 0.1) is 6.10 Å². The van der Waals surface area contributed by atoms with Crippen LogP contribution in [-0.2, 0) is 9.53 Å². The second-order valence-electron chi connectivity index (χ2n) is 6.63. The van der Waals surface area contributed by atoms with E-state index in [9.17, 15) is 24.9 Å². The maximum atomic E-state index is 12.5. The number of hydrogen-bond donors (Lipinski definition) is 3. The topological polar surface area (TPSA) is 104 Å². The predicted molar refractivity (Wildman–Crippen MR) is 96.7 cm³/mol. The molecule has 0 amide bonds. The van der Waals surface area contributed by atoms with Gasteiger partial charge in [-0.05, 0) is 43.5 Å². The number of fused-ring (bicyclic) bond motifs is 1. The molecular formula is C20H24O6. The lowest BCUT2D eigenvalue weighted by atomic mass is 9.99. The molecule has 6 heteroatoms. The monoisotopic (exact) mass is 360 g/mol. The van der Waals surface area contributed by atoms with Crippen molar-refractivity contribution >= 4 is 17.8 Å². The summed E-state index contributed by atoms with van der Waals surface area (Å²) in [6, 6.07) is 3.18. The van der Waals surface area contributed by atoms with Crippen molar-refractivity contribution in [1.82, 2.24) is 0 Å². The van der Waals surface area contributed by atoms with Crippen LogP contribution in [0.1, 0.15) is 41.8 Å². The van der Waals surface area contributed by atoms with E-state index in [0.717, 1.165) is 5.56 Å². The Balaban J connectivity index is 2.48. The molecule has 1 aliphatic rings. The highest BCUT2D eigenvalue weighted by Gasteiger charge is 2.24. The van der Waals surface area contributed by atoms with Gasteiger partial charge in [-0.15, -0.1) is 0 Å². The number of carbonyl (C=O) groups excluding carboxylic acids is 2. The predicted octanol–water partition coefficient (Wildman–Crippen LogP) is 2.15. The Morgan fingerprint density at radius 2 is 1.81 bits per heavy atom. The van der Waals surface area contributed by atoms with Gasteiger partial charge in [0.1, 0.15) is 23.5 Å². The van der Waals surface area contributed by atoms with Crippen molar-refractivity contribution in [2.45, 2.75) is 45.5 Å². The number of aliphatic hydroxyl groups is 2. The molecule has 0 saturated heterocycles. The molecule has 4 atom stereocenters. The number of phenolic OH excluding ortho intramolecular Hbond substituents is 1. The molecule has 0 aliphatic carbocycles. The van der Waals surface area contributed by atoms with Crippen LogP contribution in [0.3, 0.4) is 0 Å². The highest BCUT2D eigenvalue weighted by Crippen LogP contribution is 2.27. The highest BCUT2D eigenvalue weighted by molar-refractivity contribution is 5.97. The quantitative estimate of drug-likeness (QED) is 0.613. The Labute approximate surface area is 152 Å². The first kappa shape index (κ1) is 19.9. The number of hydrogen-bond acceptors (Lipinski definition) is 6. The summed E-state index contributed by atoms with van der Waals surface area (Å²) < 4.78 is 5.43. The molecule has 0 radical (unpaired) electrons. The van der Waals surface area contributed by atoms with Crippen molar-refractivity contribution in [2.24, 2.45) is 5.92 Å². The van der Waals surface area contributed by atoms with Crippen molar-refractivity contribution in [1.29, 1.82) is 0 Å². The molecular weight excluding hydrogens is 336 g/mol. The molecule has 1 aliphatic heterocycles. The van der Waals surface area contributed by atoms with Crippen LogP contribution < -0.4 is 0 Å². The first-order chi connectivity index (χ1) is 12.2. The summed E-state index contributed by atoms with van der Waals surface area (Å²) in [5.74, 6) is -1.77. The van der Waals surface area contributed by atoms with Crippen LogP contribution in [0.25, 0.3) is 6.08 Å². The summed E-state index contributed by atoms with van der Waals surface area (Å²) in [6.07, 6.45) is 2.44. The molecule has 6 nitrogen and oxygen atoms in total. The van der Waals surface area contributed by atoms with E-state index in [-0.39, 0.29) is 23.7 Å². The lowest BCUT2D eigenvalue weighted by molar-refractivity contribution is -0.127. The van der Waals surface area contributed by atoms with E-state index in [2.05, 4.69) is 0 Å². The van der Waals surface area contributed by atoms with Gasteiger partial charge in [0.25, 0.3) is 0 Å². The normalized spacial score (nSPS) is 30.0. The minimum atomic E-state index is -1.53. The number of benzene rings is 1. The average Bonchev–Trinajstić information content (AvgIpc) is 2.56. The number of cyclic esters (lactones) is 1. The van der Waals surface area contributed by atoms with Gasteiger partial charge in [-0.2, -0.15) is 0 Å². The van der Waals surface area contributed by atoms with E-state index in [0.29, 0.717) is 5.56 Å². The molecule has 1 aromatic carbocycles. The number of aryl methyl sites for hydroxylation is 1. The van der Waals surface area contributed by atoms with Crippen LogP contribution in [-0.4, -0.2) is 45.4 Å². The summed E-state index contributed by atoms with van der Waals surface area (Å²) in [6.45, 7) is 5.21. The van der Waals surface area contributed by atoms with Gasteiger partial charge < -0.3 is 20.1 Å². The summed E-state index contributed by atoms with van der Waals surface area (Å²) >= 11 is 0. The van der Waals surface area contributed by atoms with Gasteiger partial charge in [-0.1, -0.05) is 31.2 Å². The van der Waals surface area contributed by atoms with Crippen LogP contribution in [0.4, 0.5) is 0 Å². The van der Waals surface area contributed by atoms with Crippen molar-refractivity contribution in [3.8, 4) is 5.75 Å². The number of aromatic hydroxyl groups is 1. The van der Waals surface area contributed by atoms with Crippen molar-refractivity contribution in [3.63, 3.8) is 0 Å². The van der Waals surface area contributed by atoms with Gasteiger partial charge >= 0.3 is 5.97 Å². The summed E-state index contributed by atoms with van der Waals surface area (Å²) in [4.78, 5) is 24.5. The third kappa shape index (κ3) is 4.59. The van der Waals surface area contributed by atoms with Crippen LogP contribution in [0.5, 0.6) is 5.75 Å². The van der Waals surface area contributed by atoms with E-state index in [1.807, 2.05) is 0 Å². The smallest absolute Gasteiger partial charge is 0.342 e. The van der Waals surface area contributed by atoms with Crippen molar-refractivity contribution in [2.75, 3.05) is 0 Å². The van der Waals surface area contributed by atoms with Crippen LogP contribution in [0.15, 0.2) is 30.4 Å². The average molecular weight is 360 g/mol. The fourth-order valence-corrected chi connectivity index (χ4v) is 2.64. The van der Waals surface area contributed by atoms with E-state index in [1.165, 1.54) is 24.3 Å². The Kier molecular flexibility index (Phi) is 6.34. The maximum Gasteiger partial charge on any atom is 0.342 e. The van der Waals surface area contributed by atoms with Crippen molar-refractivity contribution in [3.05, 3.63) is 47.1 Å². The molecule has 140 valence electrons. The second kappa shape index (κ2) is 8.29. The molecule has 1 aromatic rings. The summed E-state index contributed by atoms with van der Waals surface area (Å²) in [5, 5.41) is 30.1. The Bertz CT molecular complexity index is 749. The zero-order valence-electron chi connectivity index (χ0n) is 15.0. The van der Waals surface area contributed by atoms with Gasteiger partial charge in [0.2, 0.25) is 0 Å². The first-order valence-corrected chi connectivity index (χ1v) is 8.50. The Morgan fingerprint density at radius 3 is 2.50 bits per heavy atom. The van der Waals surface area contributed by atoms with Crippen molar-refractivity contribution < 1.29 is 29.6 Å². The molecule has 4 unspecified atom stereocenters. The van der Waals surface area contributed by atoms with E-state index < -0.39 is 30.1 Å². The third-order valence-electron chi connectivity index (χ3n) is 4.42. The standard InChI is InChI=1S/C20H24O6/c1-11-9-14-5-4-6-15(21)19(24)16(22)8-7-12(2)13(3)26-20(25)18(14)17(23)10-11/h4-5,7-10,12-13,15,19,21,23-24H,6H2,1-3H3/b5-4+,8-7-. The lowest BCUT2D eigenvalue weighted by Crippen LogP contribution is -2.32. The minimum Gasteiger partial charge on any atom is -0.507 e. The molecule has 0 fully saturated rings. The van der Waals surface area contributed by atoms with E-state index in [1.54, 1.807) is 32.9 Å². The molecule has 2 rings (SSSR count). The van der Waals surface area contributed by atoms with Gasteiger partial charge in [0.15, 0.2) is 5.78 Å². The molecule has 26 heavy (non-hydrogen) atoms. The van der Waals surface area contributed by atoms with Gasteiger partial charge in [-0.3, -0.25) is 4.79 Å². The maximum absolute atomic E-state index is 12.5. The van der Waals surface area contributed by atoms with Crippen LogP contribution >= 0.6 is 0 Å². The number of aliphatic hydroxyl groups excluding tert-OH is 2. The first-order valence-electron chi connectivity index (χ1n) is 8.50. The number of rotatable bonds is 0. The lowest BCUT2D eigenvalue weighted by Gasteiger charge is -2.20. The zero-order chi connectivity index (χ0) is 19.4. The van der Waals surface area contributed by atoms with Crippen LogP contribution in [0.2, 0.25) is 0 Å². The molecule has 0 saturated carbocycles.